The number of hydrogen-bond acceptors (Lipinski definition) is 9. The SMILES string of the molecule is Cc1nc(-c2ncc(Oc3ccc(C(C)(C)c4ccc(OC5CC(OC(N)=O)C5)cc4)cc3)cn2)no1. The highest BCUT2D eigenvalue weighted by Crippen LogP contribution is 2.35. The molecular formula is C27H27N5O5. The molecule has 0 bridgehead atoms. The van der Waals surface area contributed by atoms with Crippen molar-refractivity contribution in [2.24, 2.45) is 5.73 Å². The van der Waals surface area contributed by atoms with Gasteiger partial charge in [0.05, 0.1) is 12.4 Å². The number of carbonyl (C=O) groups is 1. The smallest absolute Gasteiger partial charge is 0.404 e. The molecule has 4 aromatic rings. The van der Waals surface area contributed by atoms with E-state index in [2.05, 4.69) is 46.1 Å². The van der Waals surface area contributed by atoms with E-state index in [0.717, 1.165) is 16.9 Å². The van der Waals surface area contributed by atoms with Crippen LogP contribution in [0.1, 0.15) is 43.7 Å². The van der Waals surface area contributed by atoms with Crippen molar-refractivity contribution in [1.82, 2.24) is 20.1 Å². The topological polar surface area (TPSA) is 135 Å². The van der Waals surface area contributed by atoms with E-state index >= 15 is 0 Å². The number of hydrogen-bond donors (Lipinski definition) is 1. The van der Waals surface area contributed by atoms with Crippen molar-refractivity contribution >= 4 is 6.09 Å². The van der Waals surface area contributed by atoms with E-state index in [0.29, 0.717) is 41.9 Å². The highest BCUT2D eigenvalue weighted by molar-refractivity contribution is 5.64. The van der Waals surface area contributed by atoms with Gasteiger partial charge in [0.2, 0.25) is 17.5 Å². The average molecular weight is 502 g/mol. The number of ether oxygens (including phenoxy) is 3. The van der Waals surface area contributed by atoms with Crippen molar-refractivity contribution in [2.45, 2.75) is 51.2 Å². The molecule has 1 saturated carbocycles. The predicted octanol–water partition coefficient (Wildman–Crippen LogP) is 4.96. The van der Waals surface area contributed by atoms with E-state index in [-0.39, 0.29) is 17.6 Å². The molecule has 2 N–H and O–H groups in total. The molecule has 10 nitrogen and oxygen atoms in total. The number of amides is 1. The minimum Gasteiger partial charge on any atom is -0.490 e. The number of nitrogens with zero attached hydrogens (tertiary/aromatic N) is 4. The number of benzene rings is 2. The summed E-state index contributed by atoms with van der Waals surface area (Å²) in [6.45, 7) is 6.05. The predicted molar refractivity (Wildman–Crippen MR) is 133 cm³/mol. The first-order chi connectivity index (χ1) is 17.8. The van der Waals surface area contributed by atoms with Crippen molar-refractivity contribution in [1.29, 1.82) is 0 Å². The van der Waals surface area contributed by atoms with E-state index in [1.807, 2.05) is 36.4 Å². The fourth-order valence-corrected chi connectivity index (χ4v) is 4.13. The van der Waals surface area contributed by atoms with Crippen LogP contribution in [0.15, 0.2) is 65.4 Å². The molecule has 37 heavy (non-hydrogen) atoms. The van der Waals surface area contributed by atoms with Crippen LogP contribution in [0, 0.1) is 6.92 Å². The lowest BCUT2D eigenvalue weighted by atomic mass is 9.78. The molecule has 0 saturated heterocycles. The maximum absolute atomic E-state index is 10.8. The van der Waals surface area contributed by atoms with Crippen LogP contribution in [0.4, 0.5) is 4.79 Å². The maximum Gasteiger partial charge on any atom is 0.404 e. The molecule has 2 aromatic heterocycles. The molecule has 0 radical (unpaired) electrons. The summed E-state index contributed by atoms with van der Waals surface area (Å²) in [4.78, 5) is 23.4. The summed E-state index contributed by atoms with van der Waals surface area (Å²) in [6, 6.07) is 16.0. The van der Waals surface area contributed by atoms with Gasteiger partial charge in [0.1, 0.15) is 23.7 Å². The molecule has 10 heteroatoms. The largest absolute Gasteiger partial charge is 0.490 e. The average Bonchev–Trinajstić information content (AvgIpc) is 3.30. The van der Waals surface area contributed by atoms with Crippen molar-refractivity contribution in [3.05, 3.63) is 77.9 Å². The van der Waals surface area contributed by atoms with Gasteiger partial charge in [-0.3, -0.25) is 0 Å². The molecule has 190 valence electrons. The van der Waals surface area contributed by atoms with Gasteiger partial charge in [0.25, 0.3) is 0 Å². The van der Waals surface area contributed by atoms with Gasteiger partial charge in [-0.05, 0) is 35.4 Å². The third kappa shape index (κ3) is 5.53. The zero-order valence-corrected chi connectivity index (χ0v) is 20.7. The summed E-state index contributed by atoms with van der Waals surface area (Å²) in [6.07, 6.45) is 3.59. The van der Waals surface area contributed by atoms with Crippen molar-refractivity contribution < 1.29 is 23.5 Å². The zero-order valence-electron chi connectivity index (χ0n) is 20.7. The van der Waals surface area contributed by atoms with Crippen molar-refractivity contribution in [3.63, 3.8) is 0 Å². The molecule has 2 heterocycles. The van der Waals surface area contributed by atoms with E-state index < -0.39 is 6.09 Å². The highest BCUT2D eigenvalue weighted by Gasteiger charge is 2.33. The second-order valence-corrected chi connectivity index (χ2v) is 9.43. The van der Waals surface area contributed by atoms with Gasteiger partial charge < -0.3 is 24.5 Å². The second kappa shape index (κ2) is 9.88. The summed E-state index contributed by atoms with van der Waals surface area (Å²) >= 11 is 0. The van der Waals surface area contributed by atoms with Crippen LogP contribution >= 0.6 is 0 Å². The Morgan fingerprint density at radius 1 is 0.892 bits per heavy atom. The molecular weight excluding hydrogens is 474 g/mol. The molecule has 0 spiro atoms. The lowest BCUT2D eigenvalue weighted by Gasteiger charge is -2.34. The van der Waals surface area contributed by atoms with Gasteiger partial charge in [-0.15, -0.1) is 0 Å². The quantitative estimate of drug-likeness (QED) is 0.355. The lowest BCUT2D eigenvalue weighted by Crippen LogP contribution is -2.41. The molecule has 0 unspecified atom stereocenters. The maximum atomic E-state index is 10.8. The van der Waals surface area contributed by atoms with E-state index in [1.54, 1.807) is 19.3 Å². The Balaban J connectivity index is 1.19. The van der Waals surface area contributed by atoms with Gasteiger partial charge in [-0.1, -0.05) is 43.3 Å². The molecule has 1 aliphatic carbocycles. The Labute approximate surface area is 213 Å². The third-order valence-electron chi connectivity index (χ3n) is 6.38. The Hall–Kier alpha value is -4.47. The first kappa shape index (κ1) is 24.2. The molecule has 1 aliphatic rings. The van der Waals surface area contributed by atoms with Gasteiger partial charge in [0.15, 0.2) is 5.75 Å². The Morgan fingerprint density at radius 2 is 1.49 bits per heavy atom. The molecule has 0 aliphatic heterocycles. The molecule has 1 amide bonds. The summed E-state index contributed by atoms with van der Waals surface area (Å²) in [7, 11) is 0. The second-order valence-electron chi connectivity index (χ2n) is 9.43. The highest BCUT2D eigenvalue weighted by atomic mass is 16.6. The number of nitrogens with two attached hydrogens (primary N) is 1. The van der Waals surface area contributed by atoms with Crippen molar-refractivity contribution in [2.75, 3.05) is 0 Å². The van der Waals surface area contributed by atoms with Gasteiger partial charge in [0, 0.05) is 25.2 Å². The number of aromatic nitrogens is 4. The van der Waals surface area contributed by atoms with Crippen LogP contribution < -0.4 is 15.2 Å². The lowest BCUT2D eigenvalue weighted by molar-refractivity contribution is -0.0197. The third-order valence-corrected chi connectivity index (χ3v) is 6.38. The fraction of sp³-hybridized carbons (Fsp3) is 0.296. The minimum atomic E-state index is -0.741. The van der Waals surface area contributed by atoms with Crippen LogP contribution in [0.25, 0.3) is 11.6 Å². The van der Waals surface area contributed by atoms with E-state index in [4.69, 9.17) is 24.5 Å². The summed E-state index contributed by atoms with van der Waals surface area (Å²) < 4.78 is 21.8. The van der Waals surface area contributed by atoms with Gasteiger partial charge in [-0.2, -0.15) is 4.98 Å². The minimum absolute atomic E-state index is 0.0283. The Kier molecular flexibility index (Phi) is 6.47. The molecule has 0 atom stereocenters. The summed E-state index contributed by atoms with van der Waals surface area (Å²) in [5, 5.41) is 3.81. The summed E-state index contributed by atoms with van der Waals surface area (Å²) in [5.41, 5.74) is 7.11. The Morgan fingerprint density at radius 3 is 2.03 bits per heavy atom. The molecule has 1 fully saturated rings. The normalized spacial score (nSPS) is 17.1. The van der Waals surface area contributed by atoms with Crippen molar-refractivity contribution in [3.8, 4) is 28.9 Å². The van der Waals surface area contributed by atoms with Gasteiger partial charge >= 0.3 is 6.09 Å². The van der Waals surface area contributed by atoms with Crippen LogP contribution in [0.5, 0.6) is 17.2 Å². The first-order valence-electron chi connectivity index (χ1n) is 11.9. The van der Waals surface area contributed by atoms with Gasteiger partial charge in [-0.25, -0.2) is 14.8 Å². The summed E-state index contributed by atoms with van der Waals surface area (Å²) in [5.74, 6) is 3.12. The number of rotatable bonds is 8. The Bertz CT molecular complexity index is 1360. The zero-order chi connectivity index (χ0) is 26.0. The van der Waals surface area contributed by atoms with Crippen LogP contribution in [0.3, 0.4) is 0 Å². The number of aryl methyl sites for hydroxylation is 1. The standard InChI is InChI=1S/C27H27N5O5/c1-16-31-25(32-37-16)24-29-14-23(15-30-24)35-20-10-6-18(7-11-20)27(2,3)17-4-8-19(9-5-17)34-21-12-22(13-21)36-26(28)33/h4-11,14-15,21-22H,12-13H2,1-3H3,(H2,28,33). The van der Waals surface area contributed by atoms with Crippen LogP contribution in [-0.2, 0) is 10.2 Å². The molecule has 5 rings (SSSR count). The molecule has 2 aromatic carbocycles. The number of primary amides is 1. The number of carbonyl (C=O) groups excluding carboxylic acids is 1. The van der Waals surface area contributed by atoms with E-state index in [1.165, 1.54) is 0 Å². The van der Waals surface area contributed by atoms with Crippen LogP contribution in [-0.4, -0.2) is 38.4 Å². The monoisotopic (exact) mass is 501 g/mol. The first-order valence-corrected chi connectivity index (χ1v) is 11.9. The fourth-order valence-electron chi connectivity index (χ4n) is 4.13. The van der Waals surface area contributed by atoms with Crippen LogP contribution in [0.2, 0.25) is 0 Å². The van der Waals surface area contributed by atoms with E-state index in [9.17, 15) is 4.79 Å².